The minimum Gasteiger partial charge on any atom is -0.478 e. The number of aromatic nitrogens is 2. The van der Waals surface area contributed by atoms with Crippen molar-refractivity contribution < 1.29 is 9.90 Å². The van der Waals surface area contributed by atoms with Gasteiger partial charge in [0.2, 0.25) is 0 Å². The molecule has 3 aromatic rings. The number of fused-ring (bicyclic) bond motifs is 1. The molecule has 0 spiro atoms. The molecule has 0 aliphatic carbocycles. The van der Waals surface area contributed by atoms with Crippen molar-refractivity contribution in [2.75, 3.05) is 0 Å². The lowest BCUT2D eigenvalue weighted by molar-refractivity contribution is 0.0700. The molecule has 1 aromatic heterocycles. The van der Waals surface area contributed by atoms with Gasteiger partial charge in [-0.2, -0.15) is 5.10 Å². The highest BCUT2D eigenvalue weighted by Crippen LogP contribution is 2.30. The number of carboxylic acid groups (broad SMARTS) is 1. The molecule has 94 valence electrons. The number of nitrogens with zero attached hydrogens (tertiary/aromatic N) is 1. The smallest absolute Gasteiger partial charge is 0.337 e. The fourth-order valence-electron chi connectivity index (χ4n) is 2.12. The monoisotopic (exact) mass is 272 g/mol. The number of benzene rings is 2. The maximum Gasteiger partial charge on any atom is 0.337 e. The molecule has 3 rings (SSSR count). The fourth-order valence-corrected chi connectivity index (χ4v) is 2.24. The summed E-state index contributed by atoms with van der Waals surface area (Å²) in [6, 6.07) is 10.7. The molecular weight excluding hydrogens is 264 g/mol. The lowest BCUT2D eigenvalue weighted by atomic mass is 9.97. The molecule has 4 nitrogen and oxygen atoms in total. The van der Waals surface area contributed by atoms with E-state index in [0.29, 0.717) is 21.5 Å². The molecule has 0 fully saturated rings. The van der Waals surface area contributed by atoms with Crippen molar-refractivity contribution in [3.8, 4) is 11.1 Å². The number of halogens is 1. The van der Waals surface area contributed by atoms with Crippen LogP contribution in [0.15, 0.2) is 42.6 Å². The Balaban J connectivity index is 2.31. The van der Waals surface area contributed by atoms with E-state index in [0.717, 1.165) is 5.56 Å². The summed E-state index contributed by atoms with van der Waals surface area (Å²) in [7, 11) is 0. The van der Waals surface area contributed by atoms with Crippen LogP contribution in [0.25, 0.3) is 22.0 Å². The van der Waals surface area contributed by atoms with Crippen LogP contribution in [0, 0.1) is 0 Å². The van der Waals surface area contributed by atoms with E-state index in [1.165, 1.54) is 6.20 Å². The number of carboxylic acids is 1. The van der Waals surface area contributed by atoms with Gasteiger partial charge in [0.15, 0.2) is 0 Å². The predicted molar refractivity (Wildman–Crippen MR) is 73.5 cm³/mol. The molecule has 2 aromatic carbocycles. The maximum absolute atomic E-state index is 11.5. The topological polar surface area (TPSA) is 66.0 Å². The quantitative estimate of drug-likeness (QED) is 0.749. The summed E-state index contributed by atoms with van der Waals surface area (Å²) in [6.07, 6.45) is 1.53. The number of hydrogen-bond donors (Lipinski definition) is 2. The van der Waals surface area contributed by atoms with E-state index in [1.54, 1.807) is 30.3 Å². The number of hydrogen-bond acceptors (Lipinski definition) is 2. The van der Waals surface area contributed by atoms with Gasteiger partial charge in [-0.25, -0.2) is 4.79 Å². The molecule has 0 saturated carbocycles. The van der Waals surface area contributed by atoms with E-state index >= 15 is 0 Å². The van der Waals surface area contributed by atoms with Crippen LogP contribution in [0.3, 0.4) is 0 Å². The first-order valence-electron chi connectivity index (χ1n) is 5.62. The Labute approximate surface area is 113 Å². The third-order valence-electron chi connectivity index (χ3n) is 2.99. The van der Waals surface area contributed by atoms with Crippen molar-refractivity contribution >= 4 is 28.5 Å². The Kier molecular flexibility index (Phi) is 2.72. The number of nitrogens with one attached hydrogen (secondary N) is 1. The van der Waals surface area contributed by atoms with Crippen LogP contribution in [0.1, 0.15) is 10.4 Å². The average Bonchev–Trinajstić information content (AvgIpc) is 2.86. The summed E-state index contributed by atoms with van der Waals surface area (Å²) in [5, 5.41) is 17.3. The molecule has 2 N–H and O–H groups in total. The second-order valence-corrected chi connectivity index (χ2v) is 4.57. The van der Waals surface area contributed by atoms with Gasteiger partial charge in [0, 0.05) is 10.4 Å². The number of aromatic amines is 1. The SMILES string of the molecule is O=C(O)c1c(-c2ccc(Cl)cc2)ccc2[nH]ncc12. The first kappa shape index (κ1) is 11.7. The van der Waals surface area contributed by atoms with Crippen LogP contribution in [-0.2, 0) is 0 Å². The molecule has 0 bridgehead atoms. The van der Waals surface area contributed by atoms with E-state index in [2.05, 4.69) is 10.2 Å². The van der Waals surface area contributed by atoms with Crippen LogP contribution in [0.4, 0.5) is 0 Å². The molecule has 1 heterocycles. The third kappa shape index (κ3) is 1.96. The van der Waals surface area contributed by atoms with Gasteiger partial charge in [-0.05, 0) is 29.3 Å². The first-order chi connectivity index (χ1) is 9.16. The van der Waals surface area contributed by atoms with Gasteiger partial charge in [0.05, 0.1) is 17.3 Å². The third-order valence-corrected chi connectivity index (χ3v) is 3.25. The molecule has 0 atom stereocenters. The second-order valence-electron chi connectivity index (χ2n) is 4.13. The highest BCUT2D eigenvalue weighted by molar-refractivity contribution is 6.30. The average molecular weight is 273 g/mol. The van der Waals surface area contributed by atoms with Crippen molar-refractivity contribution in [3.05, 3.63) is 53.2 Å². The zero-order valence-corrected chi connectivity index (χ0v) is 10.5. The Morgan fingerprint density at radius 3 is 2.58 bits per heavy atom. The Bertz CT molecular complexity index is 763. The molecule has 0 aliphatic rings. The first-order valence-corrected chi connectivity index (χ1v) is 6.00. The van der Waals surface area contributed by atoms with E-state index < -0.39 is 5.97 Å². The molecular formula is C14H9ClN2O2. The van der Waals surface area contributed by atoms with E-state index in [-0.39, 0.29) is 5.56 Å². The van der Waals surface area contributed by atoms with Gasteiger partial charge >= 0.3 is 5.97 Å². The summed E-state index contributed by atoms with van der Waals surface area (Å²) < 4.78 is 0. The minimum absolute atomic E-state index is 0.244. The lowest BCUT2D eigenvalue weighted by Crippen LogP contribution is -2.00. The van der Waals surface area contributed by atoms with Crippen LogP contribution in [0.5, 0.6) is 0 Å². The molecule has 5 heteroatoms. The Hall–Kier alpha value is -2.33. The molecule has 0 aliphatic heterocycles. The number of aromatic carboxylic acids is 1. The number of carbonyl (C=O) groups is 1. The highest BCUT2D eigenvalue weighted by Gasteiger charge is 2.16. The maximum atomic E-state index is 11.5. The highest BCUT2D eigenvalue weighted by atomic mass is 35.5. The Morgan fingerprint density at radius 1 is 1.16 bits per heavy atom. The molecule has 0 unspecified atom stereocenters. The van der Waals surface area contributed by atoms with Crippen LogP contribution in [-0.4, -0.2) is 21.3 Å². The summed E-state index contributed by atoms with van der Waals surface area (Å²) in [5.74, 6) is -0.975. The van der Waals surface area contributed by atoms with Crippen LogP contribution in [0.2, 0.25) is 5.02 Å². The normalized spacial score (nSPS) is 10.8. The zero-order chi connectivity index (χ0) is 13.4. The van der Waals surface area contributed by atoms with Gasteiger partial charge in [0.1, 0.15) is 0 Å². The summed E-state index contributed by atoms with van der Waals surface area (Å²) >= 11 is 5.85. The summed E-state index contributed by atoms with van der Waals surface area (Å²) in [6.45, 7) is 0. The van der Waals surface area contributed by atoms with Gasteiger partial charge in [-0.15, -0.1) is 0 Å². The van der Waals surface area contributed by atoms with Gasteiger partial charge in [-0.3, -0.25) is 5.10 Å². The number of H-pyrrole nitrogens is 1. The molecule has 0 radical (unpaired) electrons. The Morgan fingerprint density at radius 2 is 1.89 bits per heavy atom. The largest absolute Gasteiger partial charge is 0.478 e. The zero-order valence-electron chi connectivity index (χ0n) is 9.72. The van der Waals surface area contributed by atoms with Gasteiger partial charge < -0.3 is 5.11 Å². The standard InChI is InChI=1S/C14H9ClN2O2/c15-9-3-1-8(2-4-9)10-5-6-12-11(7-16-17-12)13(10)14(18)19/h1-7H,(H,16,17)(H,18,19). The minimum atomic E-state index is -0.975. The van der Waals surface area contributed by atoms with Crippen molar-refractivity contribution in [1.82, 2.24) is 10.2 Å². The molecule has 0 amide bonds. The second kappa shape index (κ2) is 4.40. The van der Waals surface area contributed by atoms with E-state index in [9.17, 15) is 9.90 Å². The van der Waals surface area contributed by atoms with Crippen molar-refractivity contribution in [3.63, 3.8) is 0 Å². The van der Waals surface area contributed by atoms with Crippen molar-refractivity contribution in [1.29, 1.82) is 0 Å². The number of rotatable bonds is 2. The summed E-state index contributed by atoms with van der Waals surface area (Å²) in [5.41, 5.74) is 2.41. The molecule has 19 heavy (non-hydrogen) atoms. The lowest BCUT2D eigenvalue weighted by Gasteiger charge is -2.07. The van der Waals surface area contributed by atoms with E-state index in [1.807, 2.05) is 6.07 Å². The molecule has 0 saturated heterocycles. The van der Waals surface area contributed by atoms with Gasteiger partial charge in [-0.1, -0.05) is 29.8 Å². The van der Waals surface area contributed by atoms with Crippen molar-refractivity contribution in [2.45, 2.75) is 0 Å². The van der Waals surface area contributed by atoms with Crippen LogP contribution < -0.4 is 0 Å². The van der Waals surface area contributed by atoms with Crippen LogP contribution >= 0.6 is 11.6 Å². The van der Waals surface area contributed by atoms with Gasteiger partial charge in [0.25, 0.3) is 0 Å². The summed E-state index contributed by atoms with van der Waals surface area (Å²) in [4.78, 5) is 11.5. The predicted octanol–water partition coefficient (Wildman–Crippen LogP) is 3.58. The van der Waals surface area contributed by atoms with Crippen molar-refractivity contribution in [2.24, 2.45) is 0 Å². The fraction of sp³-hybridized carbons (Fsp3) is 0. The van der Waals surface area contributed by atoms with E-state index in [4.69, 9.17) is 11.6 Å².